The van der Waals surface area contributed by atoms with Crippen LogP contribution in [-0.2, 0) is 6.54 Å². The topological polar surface area (TPSA) is 62.2 Å². The summed E-state index contributed by atoms with van der Waals surface area (Å²) in [7, 11) is 0. The van der Waals surface area contributed by atoms with Gasteiger partial charge in [-0.2, -0.15) is 0 Å². The van der Waals surface area contributed by atoms with Crippen LogP contribution in [0.25, 0.3) is 0 Å². The van der Waals surface area contributed by atoms with Crippen molar-refractivity contribution in [1.82, 2.24) is 4.90 Å². The molecular formula is C16H19NO4. The van der Waals surface area contributed by atoms with E-state index in [1.807, 2.05) is 6.07 Å². The molecule has 5 atom stereocenters. The van der Waals surface area contributed by atoms with Gasteiger partial charge in [-0.15, -0.1) is 0 Å². The predicted molar refractivity (Wildman–Crippen MR) is 74.2 cm³/mol. The lowest BCUT2D eigenvalue weighted by Gasteiger charge is -2.47. The number of aliphatic hydroxyl groups is 2. The Bertz CT molecular complexity index is 604. The van der Waals surface area contributed by atoms with E-state index in [4.69, 9.17) is 9.47 Å². The Morgan fingerprint density at radius 1 is 1.14 bits per heavy atom. The van der Waals surface area contributed by atoms with E-state index < -0.39 is 12.2 Å². The van der Waals surface area contributed by atoms with Crippen LogP contribution in [-0.4, -0.2) is 46.7 Å². The Hall–Kier alpha value is -1.30. The van der Waals surface area contributed by atoms with Gasteiger partial charge in [-0.05, 0) is 48.6 Å². The van der Waals surface area contributed by atoms with E-state index in [-0.39, 0.29) is 12.7 Å². The largest absolute Gasteiger partial charge is 0.454 e. The van der Waals surface area contributed by atoms with E-state index in [1.165, 1.54) is 5.56 Å². The van der Waals surface area contributed by atoms with Gasteiger partial charge in [0.2, 0.25) is 6.79 Å². The van der Waals surface area contributed by atoms with Crippen LogP contribution in [0.5, 0.6) is 11.5 Å². The molecule has 3 aliphatic heterocycles. The maximum Gasteiger partial charge on any atom is 0.231 e. The molecule has 5 heteroatoms. The molecule has 2 N–H and O–H groups in total. The fraction of sp³-hybridized carbons (Fsp3) is 0.625. The second kappa shape index (κ2) is 4.12. The number of aliphatic hydroxyl groups excluding tert-OH is 2. The summed E-state index contributed by atoms with van der Waals surface area (Å²) in [6.45, 7) is 2.23. The van der Waals surface area contributed by atoms with Gasteiger partial charge in [-0.3, -0.25) is 4.90 Å². The summed E-state index contributed by atoms with van der Waals surface area (Å²) < 4.78 is 11.0. The van der Waals surface area contributed by atoms with Crippen LogP contribution >= 0.6 is 0 Å². The molecule has 1 aliphatic carbocycles. The number of nitrogens with zero attached hydrogens (tertiary/aromatic N) is 1. The zero-order valence-electron chi connectivity index (χ0n) is 11.7. The van der Waals surface area contributed by atoms with Gasteiger partial charge in [0.25, 0.3) is 0 Å². The Morgan fingerprint density at radius 3 is 2.81 bits per heavy atom. The fourth-order valence-electron chi connectivity index (χ4n) is 4.84. The minimum atomic E-state index is -0.689. The molecule has 112 valence electrons. The predicted octanol–water partition coefficient (Wildman–Crippen LogP) is 0.829. The minimum absolute atomic E-state index is 0.0144. The summed E-state index contributed by atoms with van der Waals surface area (Å²) in [4.78, 5) is 2.47. The Labute approximate surface area is 123 Å². The monoisotopic (exact) mass is 289 g/mol. The zero-order chi connectivity index (χ0) is 14.1. The molecule has 4 aliphatic rings. The maximum atomic E-state index is 10.6. The molecule has 0 radical (unpaired) electrons. The molecule has 5 nitrogen and oxygen atoms in total. The van der Waals surface area contributed by atoms with E-state index in [9.17, 15) is 10.2 Å². The fourth-order valence-corrected chi connectivity index (χ4v) is 4.84. The summed E-state index contributed by atoms with van der Waals surface area (Å²) in [5, 5.41) is 20.8. The van der Waals surface area contributed by atoms with E-state index in [2.05, 4.69) is 11.0 Å². The number of hydrogen-bond donors (Lipinski definition) is 2. The third-order valence-electron chi connectivity index (χ3n) is 5.73. The molecule has 0 aromatic heterocycles. The quantitative estimate of drug-likeness (QED) is 0.741. The zero-order valence-corrected chi connectivity index (χ0v) is 11.7. The first-order chi connectivity index (χ1) is 10.2. The van der Waals surface area contributed by atoms with Crippen molar-refractivity contribution in [2.24, 2.45) is 5.92 Å². The maximum absolute atomic E-state index is 10.6. The molecule has 1 aromatic carbocycles. The SMILES string of the molecule is O[C@@H]1[C@@H](O)CC2CCN3Cc4cc5c(cc4[C@H]1C23)OCO5. The molecule has 1 saturated heterocycles. The molecule has 1 saturated carbocycles. The van der Waals surface area contributed by atoms with E-state index in [0.717, 1.165) is 43.0 Å². The van der Waals surface area contributed by atoms with Gasteiger partial charge in [0, 0.05) is 18.5 Å². The van der Waals surface area contributed by atoms with Crippen LogP contribution in [0, 0.1) is 5.92 Å². The highest BCUT2D eigenvalue weighted by Crippen LogP contribution is 2.51. The molecule has 2 fully saturated rings. The minimum Gasteiger partial charge on any atom is -0.454 e. The van der Waals surface area contributed by atoms with Gasteiger partial charge in [0.15, 0.2) is 11.5 Å². The Kier molecular flexibility index (Phi) is 2.41. The highest BCUT2D eigenvalue weighted by atomic mass is 16.7. The molecule has 2 unspecified atom stereocenters. The molecule has 21 heavy (non-hydrogen) atoms. The van der Waals surface area contributed by atoms with Crippen LogP contribution in [0.2, 0.25) is 0 Å². The molecule has 5 rings (SSSR count). The van der Waals surface area contributed by atoms with Gasteiger partial charge in [-0.1, -0.05) is 0 Å². The van der Waals surface area contributed by atoms with Crippen molar-refractivity contribution in [2.45, 2.75) is 43.6 Å². The van der Waals surface area contributed by atoms with Crippen molar-refractivity contribution >= 4 is 0 Å². The first-order valence-corrected chi connectivity index (χ1v) is 7.75. The van der Waals surface area contributed by atoms with Crippen molar-refractivity contribution in [3.63, 3.8) is 0 Å². The first-order valence-electron chi connectivity index (χ1n) is 7.75. The summed E-state index contributed by atoms with van der Waals surface area (Å²) in [5.41, 5.74) is 2.34. The van der Waals surface area contributed by atoms with Crippen LogP contribution < -0.4 is 9.47 Å². The normalized spacial score (nSPS) is 40.0. The molecule has 0 amide bonds. The lowest BCUT2D eigenvalue weighted by atomic mass is 9.68. The Morgan fingerprint density at radius 2 is 1.95 bits per heavy atom. The van der Waals surface area contributed by atoms with Crippen LogP contribution in [0.3, 0.4) is 0 Å². The van der Waals surface area contributed by atoms with Gasteiger partial charge in [-0.25, -0.2) is 0 Å². The Balaban J connectivity index is 1.66. The van der Waals surface area contributed by atoms with Gasteiger partial charge >= 0.3 is 0 Å². The van der Waals surface area contributed by atoms with Crippen LogP contribution in [0.4, 0.5) is 0 Å². The van der Waals surface area contributed by atoms with Crippen LogP contribution in [0.1, 0.15) is 29.9 Å². The van der Waals surface area contributed by atoms with Crippen LogP contribution in [0.15, 0.2) is 12.1 Å². The summed E-state index contributed by atoms with van der Waals surface area (Å²) in [5.74, 6) is 2.05. The van der Waals surface area contributed by atoms with Gasteiger partial charge in [0.05, 0.1) is 12.2 Å². The lowest BCUT2D eigenvalue weighted by molar-refractivity contribution is -0.0657. The second-order valence-corrected chi connectivity index (χ2v) is 6.73. The number of benzene rings is 1. The summed E-state index contributed by atoms with van der Waals surface area (Å²) >= 11 is 0. The second-order valence-electron chi connectivity index (χ2n) is 6.73. The summed E-state index contributed by atoms with van der Waals surface area (Å²) in [6, 6.07) is 4.43. The molecule has 0 bridgehead atoms. The summed E-state index contributed by atoms with van der Waals surface area (Å²) in [6.07, 6.45) is 0.531. The van der Waals surface area contributed by atoms with Crippen molar-refractivity contribution < 1.29 is 19.7 Å². The highest BCUT2D eigenvalue weighted by molar-refractivity contribution is 5.52. The van der Waals surface area contributed by atoms with Crippen molar-refractivity contribution in [3.05, 3.63) is 23.3 Å². The van der Waals surface area contributed by atoms with Gasteiger partial charge in [0.1, 0.15) is 0 Å². The first kappa shape index (κ1) is 12.3. The third-order valence-corrected chi connectivity index (χ3v) is 5.73. The standard InChI is InChI=1S/C16H19NO4/c18-11-3-8-1-2-17-6-9-4-12-13(21-7-20-12)5-10(9)14(15(8)17)16(11)19/h4-5,8,11,14-16,18-19H,1-3,6-7H2/t8?,11-,14-,15?,16+/m0/s1. The number of fused-ring (bicyclic) bond motifs is 3. The van der Waals surface area contributed by atoms with Crippen molar-refractivity contribution in [3.8, 4) is 11.5 Å². The lowest BCUT2D eigenvalue weighted by Crippen LogP contribution is -2.53. The molecule has 0 spiro atoms. The van der Waals surface area contributed by atoms with Crippen molar-refractivity contribution in [2.75, 3.05) is 13.3 Å². The third kappa shape index (κ3) is 1.57. The molecular weight excluding hydrogens is 270 g/mol. The molecule has 1 aromatic rings. The molecule has 3 heterocycles. The van der Waals surface area contributed by atoms with E-state index in [1.54, 1.807) is 0 Å². The van der Waals surface area contributed by atoms with E-state index in [0.29, 0.717) is 12.0 Å². The average molecular weight is 289 g/mol. The van der Waals surface area contributed by atoms with Crippen molar-refractivity contribution in [1.29, 1.82) is 0 Å². The number of ether oxygens (including phenoxy) is 2. The highest BCUT2D eigenvalue weighted by Gasteiger charge is 2.52. The smallest absolute Gasteiger partial charge is 0.231 e. The number of hydrogen-bond acceptors (Lipinski definition) is 5. The van der Waals surface area contributed by atoms with Gasteiger partial charge < -0.3 is 19.7 Å². The number of rotatable bonds is 0. The van der Waals surface area contributed by atoms with E-state index >= 15 is 0 Å². The average Bonchev–Trinajstić information content (AvgIpc) is 3.08.